The molecule has 190 valence electrons. The molecule has 4 radical (unpaired) electrons. The van der Waals surface area contributed by atoms with E-state index >= 15 is 0 Å². The smallest absolute Gasteiger partial charge is 0.259 e. The fraction of sp³-hybridized carbons (Fsp3) is 0.407. The molecule has 8 nitrogen and oxygen atoms in total. The molecule has 0 bridgehead atoms. The third-order valence-electron chi connectivity index (χ3n) is 6.94. The zero-order valence-electron chi connectivity index (χ0n) is 21.1. The molecule has 1 fully saturated rings. The first-order valence-corrected chi connectivity index (χ1v) is 12.5. The van der Waals surface area contributed by atoms with Crippen LogP contribution in [0.4, 0.5) is 5.69 Å². The summed E-state index contributed by atoms with van der Waals surface area (Å²) < 4.78 is 7.36. The number of carbonyl (C=O) groups is 1. The molecule has 1 unspecified atom stereocenters. The van der Waals surface area contributed by atoms with Crippen LogP contribution >= 0.6 is 0 Å². The Kier molecular flexibility index (Phi) is 9.08. The summed E-state index contributed by atoms with van der Waals surface area (Å²) in [6, 6.07) is 12.8. The predicted octanol–water partition coefficient (Wildman–Crippen LogP) is 1.54. The number of hydrogen-bond donors (Lipinski definition) is 3. The van der Waals surface area contributed by atoms with Crippen LogP contribution in [-0.4, -0.2) is 79.3 Å². The quantitative estimate of drug-likeness (QED) is 0.367. The van der Waals surface area contributed by atoms with E-state index < -0.39 is 0 Å². The van der Waals surface area contributed by atoms with E-state index in [1.165, 1.54) is 0 Å². The number of likely N-dealkylation sites (tertiary alicyclic amines) is 1. The number of nitrogens with one attached hydrogen (secondary N) is 1. The Bertz CT molecular complexity index is 1200. The van der Waals surface area contributed by atoms with Crippen LogP contribution in [0, 0.1) is 18.8 Å². The summed E-state index contributed by atoms with van der Waals surface area (Å²) in [6.07, 6.45) is 3.69. The highest BCUT2D eigenvalue weighted by atomic mass is 16.5. The number of piperidine rings is 1. The van der Waals surface area contributed by atoms with Crippen LogP contribution in [-0.2, 0) is 6.54 Å². The van der Waals surface area contributed by atoms with Crippen LogP contribution in [0.15, 0.2) is 48.7 Å². The first-order valence-electron chi connectivity index (χ1n) is 12.5. The summed E-state index contributed by atoms with van der Waals surface area (Å²) in [5.41, 5.74) is 4.08. The van der Waals surface area contributed by atoms with Crippen molar-refractivity contribution < 1.29 is 19.7 Å². The Hall–Kier alpha value is -3.07. The van der Waals surface area contributed by atoms with Crippen LogP contribution in [0.3, 0.4) is 0 Å². The second-order valence-corrected chi connectivity index (χ2v) is 9.51. The predicted molar refractivity (Wildman–Crippen MR) is 145 cm³/mol. The van der Waals surface area contributed by atoms with Crippen molar-refractivity contribution in [3.05, 3.63) is 65.5 Å². The molecule has 2 aromatic carbocycles. The molecule has 3 aromatic rings. The first kappa shape index (κ1) is 27.0. The van der Waals surface area contributed by atoms with Gasteiger partial charge < -0.3 is 20.3 Å². The molecule has 0 spiro atoms. The molecule has 1 amide bonds. The largest absolute Gasteiger partial charge is 0.503 e. The standard InChI is InChI=1S/C27H32B2N4O4/c1-18-25(14-33(31-18)24-8-5-22(29)6-9-24)27(36)30-23-7-4-20(26(11-23)37-17-28)13-32-10-2-3-19(12-32)21(15-34)16-35/h4-9,11,14,19,21,34-35H,2-3,10,12-13,15-17H2,1H3,(H,30,36). The van der Waals surface area contributed by atoms with E-state index in [1.807, 2.05) is 24.3 Å². The van der Waals surface area contributed by atoms with Gasteiger partial charge in [0.1, 0.15) is 21.4 Å². The topological polar surface area (TPSA) is 99.9 Å². The monoisotopic (exact) mass is 498 g/mol. The minimum atomic E-state index is -0.274. The van der Waals surface area contributed by atoms with Gasteiger partial charge in [0.25, 0.3) is 5.91 Å². The van der Waals surface area contributed by atoms with Gasteiger partial charge in [0.2, 0.25) is 0 Å². The summed E-state index contributed by atoms with van der Waals surface area (Å²) >= 11 is 0. The van der Waals surface area contributed by atoms with Crippen LogP contribution in [0.1, 0.15) is 34.5 Å². The molecule has 2 heterocycles. The molecule has 1 saturated heterocycles. The number of aliphatic hydroxyl groups is 2. The van der Waals surface area contributed by atoms with Gasteiger partial charge in [-0.15, -0.1) is 0 Å². The number of nitrogens with zero attached hydrogens (tertiary/aromatic N) is 3. The van der Waals surface area contributed by atoms with Gasteiger partial charge >= 0.3 is 0 Å². The third kappa shape index (κ3) is 6.63. The number of carbonyl (C=O) groups excluding carboxylic acids is 1. The van der Waals surface area contributed by atoms with E-state index in [0.29, 0.717) is 34.7 Å². The van der Waals surface area contributed by atoms with E-state index in [9.17, 15) is 15.0 Å². The number of benzene rings is 2. The van der Waals surface area contributed by atoms with Gasteiger partial charge in [0.15, 0.2) is 0 Å². The molecule has 1 aliphatic rings. The van der Waals surface area contributed by atoms with Gasteiger partial charge in [-0.3, -0.25) is 9.69 Å². The Labute approximate surface area is 220 Å². The van der Waals surface area contributed by atoms with Crippen molar-refractivity contribution in [2.75, 3.05) is 38.1 Å². The molecular weight excluding hydrogens is 466 g/mol. The van der Waals surface area contributed by atoms with Crippen molar-refractivity contribution >= 4 is 32.7 Å². The van der Waals surface area contributed by atoms with Crippen LogP contribution < -0.4 is 15.5 Å². The maximum absolute atomic E-state index is 13.1. The molecule has 10 heteroatoms. The minimum Gasteiger partial charge on any atom is -0.503 e. The number of hydrogen-bond acceptors (Lipinski definition) is 6. The van der Waals surface area contributed by atoms with Gasteiger partial charge in [0, 0.05) is 62.2 Å². The Morgan fingerprint density at radius 2 is 1.97 bits per heavy atom. The van der Waals surface area contributed by atoms with Crippen molar-refractivity contribution in [2.45, 2.75) is 26.3 Å². The number of amides is 1. The van der Waals surface area contributed by atoms with Crippen molar-refractivity contribution in [3.63, 3.8) is 0 Å². The van der Waals surface area contributed by atoms with Gasteiger partial charge in [-0.25, -0.2) is 4.68 Å². The van der Waals surface area contributed by atoms with E-state index in [-0.39, 0.29) is 37.5 Å². The Morgan fingerprint density at radius 3 is 2.68 bits per heavy atom. The maximum atomic E-state index is 13.1. The van der Waals surface area contributed by atoms with Crippen molar-refractivity contribution in [3.8, 4) is 11.4 Å². The molecule has 1 aromatic heterocycles. The zero-order valence-corrected chi connectivity index (χ0v) is 21.1. The van der Waals surface area contributed by atoms with Crippen LogP contribution in [0.5, 0.6) is 5.75 Å². The molecule has 1 atom stereocenters. The SMILES string of the molecule is [B]COc1cc(NC(=O)c2cn(-c3ccc([B])cc3)nc2C)ccc1CN1CCCC(C(CO)CO)C1. The average molecular weight is 498 g/mol. The Morgan fingerprint density at radius 1 is 1.22 bits per heavy atom. The average Bonchev–Trinajstić information content (AvgIpc) is 3.29. The lowest BCUT2D eigenvalue weighted by Crippen LogP contribution is -2.40. The van der Waals surface area contributed by atoms with Crippen LogP contribution in [0.25, 0.3) is 5.69 Å². The lowest BCUT2D eigenvalue weighted by atomic mass is 9.86. The summed E-state index contributed by atoms with van der Waals surface area (Å²) in [5, 5.41) is 26.6. The second-order valence-electron chi connectivity index (χ2n) is 9.51. The van der Waals surface area contributed by atoms with Gasteiger partial charge in [0.05, 0.1) is 16.9 Å². The number of aliphatic hydroxyl groups excluding tert-OH is 2. The lowest BCUT2D eigenvalue weighted by Gasteiger charge is -2.36. The molecule has 37 heavy (non-hydrogen) atoms. The molecule has 4 rings (SSSR count). The molecular formula is C27H32B2N4O4. The van der Waals surface area contributed by atoms with E-state index in [1.54, 1.807) is 36.0 Å². The molecule has 3 N–H and O–H groups in total. The highest BCUT2D eigenvalue weighted by molar-refractivity contribution is 6.32. The van der Waals surface area contributed by atoms with Gasteiger partial charge in [-0.1, -0.05) is 23.7 Å². The fourth-order valence-corrected chi connectivity index (χ4v) is 4.84. The van der Waals surface area contributed by atoms with Gasteiger partial charge in [-0.05, 0) is 50.4 Å². The summed E-state index contributed by atoms with van der Waals surface area (Å²) in [5.74, 6) is 0.479. The third-order valence-corrected chi connectivity index (χ3v) is 6.94. The second kappa shape index (κ2) is 12.4. The fourth-order valence-electron chi connectivity index (χ4n) is 4.84. The van der Waals surface area contributed by atoms with E-state index in [2.05, 4.69) is 15.3 Å². The summed E-state index contributed by atoms with van der Waals surface area (Å²) in [6.45, 7) is 4.15. The number of anilines is 1. The van der Waals surface area contributed by atoms with Crippen molar-refractivity contribution in [1.82, 2.24) is 14.7 Å². The number of aromatic nitrogens is 2. The highest BCUT2D eigenvalue weighted by Gasteiger charge is 2.27. The molecule has 0 aliphatic carbocycles. The number of aryl methyl sites for hydroxylation is 1. The number of ether oxygens (including phenoxy) is 1. The maximum Gasteiger partial charge on any atom is 0.259 e. The van der Waals surface area contributed by atoms with Crippen molar-refractivity contribution in [2.24, 2.45) is 11.8 Å². The minimum absolute atomic E-state index is 0.0106. The zero-order chi connectivity index (χ0) is 26.4. The van der Waals surface area contributed by atoms with Crippen molar-refractivity contribution in [1.29, 1.82) is 0 Å². The van der Waals surface area contributed by atoms with E-state index in [0.717, 1.165) is 37.2 Å². The number of rotatable bonds is 10. The van der Waals surface area contributed by atoms with Crippen LogP contribution in [0.2, 0.25) is 0 Å². The highest BCUT2D eigenvalue weighted by Crippen LogP contribution is 2.29. The molecule has 1 aliphatic heterocycles. The Balaban J connectivity index is 1.46. The molecule has 0 saturated carbocycles. The van der Waals surface area contributed by atoms with Gasteiger partial charge in [-0.2, -0.15) is 5.10 Å². The van der Waals surface area contributed by atoms with E-state index in [4.69, 9.17) is 20.4 Å². The summed E-state index contributed by atoms with van der Waals surface area (Å²) in [7, 11) is 11.5. The normalized spacial score (nSPS) is 16.2. The summed E-state index contributed by atoms with van der Waals surface area (Å²) in [4.78, 5) is 15.4. The lowest BCUT2D eigenvalue weighted by molar-refractivity contribution is 0.0564. The first-order chi connectivity index (χ1) is 17.9.